The summed E-state index contributed by atoms with van der Waals surface area (Å²) in [6.07, 6.45) is 4.39. The Morgan fingerprint density at radius 3 is 2.60 bits per heavy atom. The average molecular weight is 359 g/mol. The van der Waals surface area contributed by atoms with E-state index in [0.29, 0.717) is 4.90 Å². The summed E-state index contributed by atoms with van der Waals surface area (Å²) in [7, 11) is -3.10. The molecule has 2 atom stereocenters. The molecule has 0 aromatic heterocycles. The summed E-state index contributed by atoms with van der Waals surface area (Å²) in [5.41, 5.74) is 1.08. The molecule has 1 aromatic carbocycles. The van der Waals surface area contributed by atoms with Gasteiger partial charge >= 0.3 is 0 Å². The van der Waals surface area contributed by atoms with E-state index in [0.717, 1.165) is 36.6 Å². The predicted octanol–water partition coefficient (Wildman–Crippen LogP) is 4.54. The third kappa shape index (κ3) is 2.69. The summed E-state index contributed by atoms with van der Waals surface area (Å²) in [4.78, 5) is 0.556. The van der Waals surface area contributed by atoms with Gasteiger partial charge in [0.05, 0.1) is 10.6 Å². The van der Waals surface area contributed by atoms with Crippen molar-refractivity contribution in [1.82, 2.24) is 0 Å². The molecule has 0 aliphatic carbocycles. The molecule has 2 nitrogen and oxygen atoms in total. The van der Waals surface area contributed by atoms with Gasteiger partial charge in [-0.15, -0.1) is 0 Å². The zero-order valence-corrected chi connectivity index (χ0v) is 14.6. The quantitative estimate of drug-likeness (QED) is 0.699. The van der Waals surface area contributed by atoms with Gasteiger partial charge in [-0.25, -0.2) is 8.42 Å². The first-order valence-corrected chi connectivity index (χ1v) is 10.2. The van der Waals surface area contributed by atoms with Crippen molar-refractivity contribution in [3.05, 3.63) is 29.8 Å². The highest BCUT2D eigenvalue weighted by Crippen LogP contribution is 2.50. The van der Waals surface area contributed by atoms with Crippen LogP contribution in [-0.2, 0) is 9.84 Å². The molecule has 0 fully saturated rings. The van der Waals surface area contributed by atoms with Crippen molar-refractivity contribution in [2.24, 2.45) is 5.41 Å². The van der Waals surface area contributed by atoms with E-state index in [4.69, 9.17) is 0 Å². The van der Waals surface area contributed by atoms with Crippen molar-refractivity contribution in [2.75, 3.05) is 11.1 Å². The number of unbranched alkanes of at least 4 members (excludes halogenated alkanes) is 1. The summed E-state index contributed by atoms with van der Waals surface area (Å²) in [5.74, 6) is 0.398. The highest BCUT2D eigenvalue weighted by Gasteiger charge is 2.45. The van der Waals surface area contributed by atoms with Crippen molar-refractivity contribution < 1.29 is 8.42 Å². The Morgan fingerprint density at radius 2 is 2.00 bits per heavy atom. The summed E-state index contributed by atoms with van der Waals surface area (Å²) in [5, 5.41) is 0.866. The van der Waals surface area contributed by atoms with Gasteiger partial charge in [0, 0.05) is 11.2 Å². The lowest BCUT2D eigenvalue weighted by atomic mass is 9.69. The molecule has 0 bridgehead atoms. The molecule has 1 aliphatic rings. The molecule has 1 aliphatic heterocycles. The molecule has 0 amide bonds. The number of fused-ring (bicyclic) bond motifs is 1. The smallest absolute Gasteiger partial charge is 0.179 e. The second-order valence-electron chi connectivity index (χ2n) is 5.82. The van der Waals surface area contributed by atoms with E-state index in [1.165, 1.54) is 0 Å². The highest BCUT2D eigenvalue weighted by atomic mass is 79.9. The minimum absolute atomic E-state index is 0.0513. The first kappa shape index (κ1) is 16.0. The van der Waals surface area contributed by atoms with Gasteiger partial charge in [0.2, 0.25) is 0 Å². The standard InChI is InChI=1S/C16H23BrO2S/c1-3-5-10-16(4-2,12-17)14-11-20(18,19)15-9-7-6-8-13(14)15/h6-9,14H,3-5,10-12H2,1-2H3. The zero-order valence-electron chi connectivity index (χ0n) is 12.2. The lowest BCUT2D eigenvalue weighted by Crippen LogP contribution is -2.31. The van der Waals surface area contributed by atoms with Crippen molar-refractivity contribution in [1.29, 1.82) is 0 Å². The topological polar surface area (TPSA) is 34.1 Å². The number of alkyl halides is 1. The Hall–Kier alpha value is -0.350. The lowest BCUT2D eigenvalue weighted by Gasteiger charge is -2.37. The Balaban J connectivity index is 2.46. The van der Waals surface area contributed by atoms with Crippen molar-refractivity contribution >= 4 is 25.8 Å². The third-order valence-corrected chi connectivity index (χ3v) is 7.68. The van der Waals surface area contributed by atoms with Gasteiger partial charge in [-0.2, -0.15) is 0 Å². The van der Waals surface area contributed by atoms with Crippen LogP contribution in [0.5, 0.6) is 0 Å². The minimum Gasteiger partial charge on any atom is -0.224 e. The largest absolute Gasteiger partial charge is 0.224 e. The molecule has 0 N–H and O–H groups in total. The van der Waals surface area contributed by atoms with Crippen molar-refractivity contribution in [3.8, 4) is 0 Å². The minimum atomic E-state index is -3.10. The SMILES string of the molecule is CCCCC(CC)(CBr)C1CS(=O)(=O)c2ccccc21. The zero-order chi connectivity index (χ0) is 14.8. The van der Waals surface area contributed by atoms with Crippen LogP contribution in [0.25, 0.3) is 0 Å². The first-order valence-electron chi connectivity index (χ1n) is 7.38. The predicted molar refractivity (Wildman–Crippen MR) is 87.3 cm³/mol. The molecule has 112 valence electrons. The van der Waals surface area contributed by atoms with Crippen LogP contribution < -0.4 is 0 Å². The van der Waals surface area contributed by atoms with E-state index in [1.807, 2.05) is 18.2 Å². The molecule has 4 heteroatoms. The highest BCUT2D eigenvalue weighted by molar-refractivity contribution is 9.09. The number of hydrogen-bond donors (Lipinski definition) is 0. The second kappa shape index (κ2) is 6.18. The van der Waals surface area contributed by atoms with Crippen LogP contribution in [0, 0.1) is 5.41 Å². The van der Waals surface area contributed by atoms with Gasteiger partial charge in [0.1, 0.15) is 0 Å². The molecule has 2 rings (SSSR count). The van der Waals surface area contributed by atoms with Crippen LogP contribution in [-0.4, -0.2) is 19.5 Å². The molecule has 1 aromatic rings. The maximum Gasteiger partial charge on any atom is 0.179 e. The van der Waals surface area contributed by atoms with E-state index in [9.17, 15) is 8.42 Å². The number of sulfone groups is 1. The fraction of sp³-hybridized carbons (Fsp3) is 0.625. The Labute approximate surface area is 131 Å². The number of halogens is 1. The maximum absolute atomic E-state index is 12.4. The molecule has 0 saturated carbocycles. The van der Waals surface area contributed by atoms with Crippen molar-refractivity contribution in [3.63, 3.8) is 0 Å². The summed E-state index contributed by atoms with van der Waals surface area (Å²) in [6, 6.07) is 7.55. The van der Waals surface area contributed by atoms with Gasteiger partial charge in [-0.1, -0.05) is 60.8 Å². The molecule has 2 unspecified atom stereocenters. The van der Waals surface area contributed by atoms with E-state index < -0.39 is 9.84 Å². The molecule has 1 heterocycles. The molecule has 20 heavy (non-hydrogen) atoms. The fourth-order valence-electron chi connectivity index (χ4n) is 3.34. The molecular weight excluding hydrogens is 336 g/mol. The van der Waals surface area contributed by atoms with E-state index in [1.54, 1.807) is 6.07 Å². The fourth-order valence-corrected chi connectivity index (χ4v) is 6.41. The second-order valence-corrected chi connectivity index (χ2v) is 8.39. The van der Waals surface area contributed by atoms with E-state index in [-0.39, 0.29) is 17.1 Å². The van der Waals surface area contributed by atoms with Crippen molar-refractivity contribution in [2.45, 2.75) is 50.3 Å². The molecule has 0 saturated heterocycles. The van der Waals surface area contributed by atoms with E-state index >= 15 is 0 Å². The average Bonchev–Trinajstić information content (AvgIpc) is 2.74. The van der Waals surface area contributed by atoms with Gasteiger partial charge in [0.25, 0.3) is 0 Å². The molecule has 0 radical (unpaired) electrons. The normalized spacial score (nSPS) is 23.2. The summed E-state index contributed by atoms with van der Waals surface area (Å²) >= 11 is 3.67. The first-order chi connectivity index (χ1) is 9.50. The summed E-state index contributed by atoms with van der Waals surface area (Å²) in [6.45, 7) is 4.37. The van der Waals surface area contributed by atoms with Gasteiger partial charge in [-0.05, 0) is 29.9 Å². The molecular formula is C16H23BrO2S. The van der Waals surface area contributed by atoms with Crippen LogP contribution in [0.4, 0.5) is 0 Å². The van der Waals surface area contributed by atoms with Crippen LogP contribution in [0.15, 0.2) is 29.2 Å². The summed E-state index contributed by atoms with van der Waals surface area (Å²) < 4.78 is 24.8. The Bertz CT molecular complexity index is 562. The van der Waals surface area contributed by atoms with E-state index in [2.05, 4.69) is 29.8 Å². The Morgan fingerprint density at radius 1 is 1.30 bits per heavy atom. The Kier molecular flexibility index (Phi) is 4.96. The number of benzene rings is 1. The third-order valence-electron chi connectivity index (χ3n) is 4.75. The van der Waals surface area contributed by atoms with Crippen LogP contribution in [0.3, 0.4) is 0 Å². The van der Waals surface area contributed by atoms with Crippen LogP contribution in [0.2, 0.25) is 0 Å². The number of rotatable bonds is 6. The molecule has 0 spiro atoms. The number of hydrogen-bond acceptors (Lipinski definition) is 2. The van der Waals surface area contributed by atoms with Gasteiger partial charge in [-0.3, -0.25) is 0 Å². The van der Waals surface area contributed by atoms with Crippen LogP contribution in [0.1, 0.15) is 51.0 Å². The monoisotopic (exact) mass is 358 g/mol. The maximum atomic E-state index is 12.4. The lowest BCUT2D eigenvalue weighted by molar-refractivity contribution is 0.238. The van der Waals surface area contributed by atoms with Crippen LogP contribution >= 0.6 is 15.9 Å². The van der Waals surface area contributed by atoms with Gasteiger partial charge in [0.15, 0.2) is 9.84 Å². The van der Waals surface area contributed by atoms with Gasteiger partial charge < -0.3 is 0 Å².